The molecule has 0 aliphatic heterocycles. The summed E-state index contributed by atoms with van der Waals surface area (Å²) in [5.41, 5.74) is 8.48. The van der Waals surface area contributed by atoms with Crippen LogP contribution in [0.3, 0.4) is 0 Å². The van der Waals surface area contributed by atoms with Crippen molar-refractivity contribution >= 4 is 34.4 Å². The van der Waals surface area contributed by atoms with Crippen LogP contribution in [0, 0.1) is 17.8 Å². The molecule has 7 nitrogen and oxygen atoms in total. The van der Waals surface area contributed by atoms with E-state index in [1.54, 1.807) is 18.6 Å². The summed E-state index contributed by atoms with van der Waals surface area (Å²) in [5, 5.41) is 3.94. The number of hydrogen-bond donors (Lipinski definition) is 3. The standard InChI is InChI=1S/C19H17ClN6O/c20-12-8-23-19-16(25-18(26-19)11-2-1-5-22-7-11)15(12)24-14-10-4-3-9(6-10)13(14)17(21)27/h1-5,7-10,13-14H,6H2,(H2,21,27)(H2,23,24,25,26)/t9-,10+,13+,14?/m1/s1. The number of primary amides is 1. The molecule has 0 spiro atoms. The van der Waals surface area contributed by atoms with Crippen LogP contribution in [0.15, 0.2) is 42.9 Å². The van der Waals surface area contributed by atoms with Crippen LogP contribution in [0.25, 0.3) is 22.6 Å². The maximum atomic E-state index is 12.0. The number of carbonyl (C=O) groups excluding carboxylic acids is 1. The van der Waals surface area contributed by atoms with E-state index < -0.39 is 0 Å². The highest BCUT2D eigenvalue weighted by Gasteiger charge is 2.47. The number of nitrogens with zero attached hydrogens (tertiary/aromatic N) is 3. The van der Waals surface area contributed by atoms with E-state index in [1.165, 1.54) is 0 Å². The average molecular weight is 381 g/mol. The van der Waals surface area contributed by atoms with Crippen LogP contribution in [0.2, 0.25) is 5.02 Å². The van der Waals surface area contributed by atoms with Crippen molar-refractivity contribution in [1.82, 2.24) is 19.9 Å². The number of nitrogens with two attached hydrogens (primary N) is 1. The third-order valence-electron chi connectivity index (χ3n) is 5.51. The van der Waals surface area contributed by atoms with Crippen LogP contribution in [0.1, 0.15) is 6.42 Å². The highest BCUT2D eigenvalue weighted by Crippen LogP contribution is 2.46. The number of hydrogen-bond acceptors (Lipinski definition) is 5. The Morgan fingerprint density at radius 1 is 1.30 bits per heavy atom. The second kappa shape index (κ2) is 6.06. The summed E-state index contributed by atoms with van der Waals surface area (Å²) in [6, 6.07) is 3.68. The number of fused-ring (bicyclic) bond motifs is 3. The molecule has 0 saturated heterocycles. The van der Waals surface area contributed by atoms with Gasteiger partial charge in [-0.25, -0.2) is 9.97 Å². The molecule has 8 heteroatoms. The lowest BCUT2D eigenvalue weighted by Crippen LogP contribution is -2.41. The molecule has 0 radical (unpaired) electrons. The Kier molecular flexibility index (Phi) is 3.65. The molecule has 27 heavy (non-hydrogen) atoms. The second-order valence-corrected chi connectivity index (χ2v) is 7.46. The average Bonchev–Trinajstić information content (AvgIpc) is 3.38. The van der Waals surface area contributed by atoms with E-state index in [0.717, 1.165) is 12.0 Å². The minimum Gasteiger partial charge on any atom is -0.378 e. The van der Waals surface area contributed by atoms with Crippen LogP contribution in [0.5, 0.6) is 0 Å². The quantitative estimate of drug-likeness (QED) is 0.603. The minimum absolute atomic E-state index is 0.0919. The maximum absolute atomic E-state index is 12.0. The van der Waals surface area contributed by atoms with Gasteiger partial charge in [0.1, 0.15) is 11.3 Å². The van der Waals surface area contributed by atoms with Gasteiger partial charge in [0.15, 0.2) is 5.65 Å². The number of imidazole rings is 1. The Morgan fingerprint density at radius 2 is 2.15 bits per heavy atom. The fourth-order valence-electron chi connectivity index (χ4n) is 4.29. The Morgan fingerprint density at radius 3 is 2.93 bits per heavy atom. The van der Waals surface area contributed by atoms with Crippen molar-refractivity contribution in [3.8, 4) is 11.4 Å². The number of carbonyl (C=O) groups is 1. The Hall–Kier alpha value is -2.93. The topological polar surface area (TPSA) is 110 Å². The first-order valence-corrected chi connectivity index (χ1v) is 9.18. The summed E-state index contributed by atoms with van der Waals surface area (Å²) in [5.74, 6) is 0.572. The first-order chi connectivity index (χ1) is 13.1. The molecule has 3 aromatic heterocycles. The molecule has 3 aromatic rings. The molecule has 1 fully saturated rings. The Labute approximate surface area is 160 Å². The van der Waals surface area contributed by atoms with Crippen molar-refractivity contribution < 1.29 is 4.79 Å². The van der Waals surface area contributed by atoms with Gasteiger partial charge in [0.25, 0.3) is 0 Å². The number of allylic oxidation sites excluding steroid dienone is 1. The van der Waals surface area contributed by atoms with E-state index in [2.05, 4.69) is 37.4 Å². The van der Waals surface area contributed by atoms with Gasteiger partial charge in [-0.05, 0) is 30.4 Å². The number of rotatable bonds is 4. The van der Waals surface area contributed by atoms with Gasteiger partial charge in [-0.3, -0.25) is 9.78 Å². The van der Waals surface area contributed by atoms with Gasteiger partial charge in [0, 0.05) is 24.0 Å². The highest BCUT2D eigenvalue weighted by atomic mass is 35.5. The van der Waals surface area contributed by atoms with Crippen LogP contribution < -0.4 is 11.1 Å². The lowest BCUT2D eigenvalue weighted by molar-refractivity contribution is -0.122. The number of halogens is 1. The van der Waals surface area contributed by atoms with E-state index in [4.69, 9.17) is 17.3 Å². The Balaban J connectivity index is 1.57. The van der Waals surface area contributed by atoms with E-state index in [9.17, 15) is 4.79 Å². The lowest BCUT2D eigenvalue weighted by Gasteiger charge is -2.28. The molecule has 2 aliphatic carbocycles. The van der Waals surface area contributed by atoms with E-state index in [-0.39, 0.29) is 29.7 Å². The number of aromatic nitrogens is 4. The van der Waals surface area contributed by atoms with Gasteiger partial charge in [-0.1, -0.05) is 23.8 Å². The zero-order valence-electron chi connectivity index (χ0n) is 14.3. The number of amides is 1. The summed E-state index contributed by atoms with van der Waals surface area (Å²) in [4.78, 5) is 28.3. The largest absolute Gasteiger partial charge is 0.378 e. The van der Waals surface area contributed by atoms with Crippen LogP contribution in [0.4, 0.5) is 5.69 Å². The zero-order chi connectivity index (χ0) is 18.5. The summed E-state index contributed by atoms with van der Waals surface area (Å²) >= 11 is 6.45. The monoisotopic (exact) mass is 380 g/mol. The van der Waals surface area contributed by atoms with Crippen molar-refractivity contribution in [2.24, 2.45) is 23.5 Å². The van der Waals surface area contributed by atoms with Crippen LogP contribution in [-0.4, -0.2) is 31.9 Å². The van der Waals surface area contributed by atoms with Crippen molar-refractivity contribution in [2.75, 3.05) is 5.32 Å². The van der Waals surface area contributed by atoms with E-state index in [0.29, 0.717) is 27.7 Å². The SMILES string of the molecule is NC(=O)[C@@H]1C(Nc2c(Cl)cnc3nc(-c4cccnc4)[nH]c23)[C@H]2C=C[C@@H]1C2. The predicted octanol–water partition coefficient (Wildman–Crippen LogP) is 2.76. The van der Waals surface area contributed by atoms with Crippen molar-refractivity contribution in [3.63, 3.8) is 0 Å². The van der Waals surface area contributed by atoms with Crippen LogP contribution >= 0.6 is 11.6 Å². The summed E-state index contributed by atoms with van der Waals surface area (Å²) in [6.45, 7) is 0. The molecule has 136 valence electrons. The summed E-state index contributed by atoms with van der Waals surface area (Å²) in [7, 11) is 0. The van der Waals surface area contributed by atoms with Crippen molar-refractivity contribution in [2.45, 2.75) is 12.5 Å². The second-order valence-electron chi connectivity index (χ2n) is 7.05. The fourth-order valence-corrected chi connectivity index (χ4v) is 4.49. The number of nitrogens with one attached hydrogen (secondary N) is 2. The van der Waals surface area contributed by atoms with Gasteiger partial charge in [-0.15, -0.1) is 0 Å². The fraction of sp³-hybridized carbons (Fsp3) is 0.263. The molecule has 4 N–H and O–H groups in total. The van der Waals surface area contributed by atoms with Crippen molar-refractivity contribution in [3.05, 3.63) is 47.9 Å². The smallest absolute Gasteiger partial charge is 0.223 e. The predicted molar refractivity (Wildman–Crippen MR) is 103 cm³/mol. The maximum Gasteiger partial charge on any atom is 0.223 e. The molecular formula is C19H17ClN6O. The first kappa shape index (κ1) is 16.3. The molecule has 2 aliphatic rings. The molecule has 3 heterocycles. The third kappa shape index (κ3) is 2.57. The lowest BCUT2D eigenvalue weighted by atomic mass is 9.88. The zero-order valence-corrected chi connectivity index (χ0v) is 15.0. The molecule has 0 aromatic carbocycles. The molecular weight excluding hydrogens is 364 g/mol. The number of aromatic amines is 1. The highest BCUT2D eigenvalue weighted by molar-refractivity contribution is 6.34. The molecule has 1 amide bonds. The number of anilines is 1. The van der Waals surface area contributed by atoms with Gasteiger partial charge in [0.2, 0.25) is 5.91 Å². The third-order valence-corrected chi connectivity index (χ3v) is 5.79. The number of H-pyrrole nitrogens is 1. The Bertz CT molecular complexity index is 1060. The van der Waals surface area contributed by atoms with Gasteiger partial charge < -0.3 is 16.0 Å². The molecule has 4 atom stereocenters. The minimum atomic E-state index is -0.286. The van der Waals surface area contributed by atoms with E-state index in [1.807, 2.05) is 12.1 Å². The molecule has 1 unspecified atom stereocenters. The van der Waals surface area contributed by atoms with Gasteiger partial charge in [-0.2, -0.15) is 0 Å². The molecule has 5 rings (SSSR count). The summed E-state index contributed by atoms with van der Waals surface area (Å²) in [6.07, 6.45) is 10.2. The van der Waals surface area contributed by atoms with Gasteiger partial charge >= 0.3 is 0 Å². The summed E-state index contributed by atoms with van der Waals surface area (Å²) < 4.78 is 0. The first-order valence-electron chi connectivity index (χ1n) is 8.80. The van der Waals surface area contributed by atoms with Crippen molar-refractivity contribution in [1.29, 1.82) is 0 Å². The molecule has 2 bridgehead atoms. The normalized spacial score (nSPS) is 26.0. The van der Waals surface area contributed by atoms with Crippen LogP contribution in [-0.2, 0) is 4.79 Å². The van der Waals surface area contributed by atoms with Gasteiger partial charge in [0.05, 0.1) is 22.8 Å². The van der Waals surface area contributed by atoms with E-state index >= 15 is 0 Å². The molecule has 1 saturated carbocycles. The number of pyridine rings is 2.